The molecule has 1 fully saturated rings. The molecule has 0 spiro atoms. The lowest BCUT2D eigenvalue weighted by Gasteiger charge is -2.22. The minimum atomic E-state index is -0.241. The average Bonchev–Trinajstić information content (AvgIpc) is 2.57. The first-order chi connectivity index (χ1) is 11.1. The van der Waals surface area contributed by atoms with E-state index in [1.165, 1.54) is 13.2 Å². The molecule has 0 atom stereocenters. The van der Waals surface area contributed by atoms with Gasteiger partial charge in [0.05, 0.1) is 29.5 Å². The highest BCUT2D eigenvalue weighted by Crippen LogP contribution is 2.28. The number of hydrogen-bond acceptors (Lipinski definition) is 5. The van der Waals surface area contributed by atoms with E-state index in [0.717, 1.165) is 32.5 Å². The molecule has 0 aromatic heterocycles. The SMILES string of the molecule is COc1cc(N)c(Cl)cc1C(=O)NCCCOC1CCOCC1.Cl. The van der Waals surface area contributed by atoms with E-state index in [4.69, 9.17) is 31.5 Å². The third-order valence-corrected chi connectivity index (χ3v) is 4.02. The Hall–Kier alpha value is -1.21. The monoisotopic (exact) mass is 378 g/mol. The standard InChI is InChI=1S/C16H23ClN2O4.ClH/c1-21-15-10-14(18)13(17)9-12(15)16(20)19-5-2-6-23-11-3-7-22-8-4-11;/h9-11H,2-8,18H2,1H3,(H,19,20);1H. The number of ether oxygens (including phenoxy) is 3. The summed E-state index contributed by atoms with van der Waals surface area (Å²) in [5.74, 6) is 0.165. The van der Waals surface area contributed by atoms with E-state index in [1.54, 1.807) is 6.07 Å². The van der Waals surface area contributed by atoms with E-state index < -0.39 is 0 Å². The Morgan fingerprint density at radius 2 is 2.12 bits per heavy atom. The molecule has 1 heterocycles. The first kappa shape index (κ1) is 20.8. The van der Waals surface area contributed by atoms with Crippen molar-refractivity contribution < 1.29 is 19.0 Å². The number of hydrogen-bond donors (Lipinski definition) is 2. The van der Waals surface area contributed by atoms with Crippen molar-refractivity contribution in [3.05, 3.63) is 22.7 Å². The van der Waals surface area contributed by atoms with Crippen LogP contribution in [0.15, 0.2) is 12.1 Å². The van der Waals surface area contributed by atoms with Gasteiger partial charge in [-0.2, -0.15) is 0 Å². The van der Waals surface area contributed by atoms with Crippen LogP contribution in [0.1, 0.15) is 29.6 Å². The van der Waals surface area contributed by atoms with Crippen LogP contribution >= 0.6 is 24.0 Å². The number of nitrogens with two attached hydrogens (primary N) is 1. The maximum atomic E-state index is 12.2. The number of amides is 1. The van der Waals surface area contributed by atoms with Gasteiger partial charge in [-0.25, -0.2) is 0 Å². The van der Waals surface area contributed by atoms with Crippen molar-refractivity contribution >= 4 is 35.6 Å². The Kier molecular flexibility index (Phi) is 9.21. The zero-order chi connectivity index (χ0) is 16.7. The highest BCUT2D eigenvalue weighted by atomic mass is 35.5. The average molecular weight is 379 g/mol. The molecule has 0 radical (unpaired) electrons. The van der Waals surface area contributed by atoms with E-state index in [0.29, 0.717) is 35.2 Å². The lowest BCUT2D eigenvalue weighted by molar-refractivity contribution is -0.0321. The van der Waals surface area contributed by atoms with Gasteiger partial charge in [0.2, 0.25) is 0 Å². The second kappa shape index (κ2) is 10.6. The second-order valence-electron chi connectivity index (χ2n) is 5.37. The van der Waals surface area contributed by atoms with Crippen molar-refractivity contribution in [1.82, 2.24) is 5.32 Å². The van der Waals surface area contributed by atoms with E-state index >= 15 is 0 Å². The molecule has 136 valence electrons. The topological polar surface area (TPSA) is 82.8 Å². The summed E-state index contributed by atoms with van der Waals surface area (Å²) in [4.78, 5) is 12.2. The number of benzene rings is 1. The van der Waals surface area contributed by atoms with Gasteiger partial charge >= 0.3 is 0 Å². The summed E-state index contributed by atoms with van der Waals surface area (Å²) in [5.41, 5.74) is 6.46. The van der Waals surface area contributed by atoms with Crippen LogP contribution in [-0.2, 0) is 9.47 Å². The van der Waals surface area contributed by atoms with Gasteiger partial charge in [-0.3, -0.25) is 4.79 Å². The van der Waals surface area contributed by atoms with Gasteiger partial charge in [-0.15, -0.1) is 12.4 Å². The van der Waals surface area contributed by atoms with Crippen LogP contribution in [0.2, 0.25) is 5.02 Å². The van der Waals surface area contributed by atoms with Crippen molar-refractivity contribution in [2.24, 2.45) is 0 Å². The highest BCUT2D eigenvalue weighted by molar-refractivity contribution is 6.33. The van der Waals surface area contributed by atoms with E-state index in [2.05, 4.69) is 5.32 Å². The van der Waals surface area contributed by atoms with Crippen LogP contribution < -0.4 is 15.8 Å². The van der Waals surface area contributed by atoms with Gasteiger partial charge in [-0.05, 0) is 25.3 Å². The molecular weight excluding hydrogens is 355 g/mol. The molecule has 2 rings (SSSR count). The van der Waals surface area contributed by atoms with Crippen LogP contribution in [0, 0.1) is 0 Å². The minimum Gasteiger partial charge on any atom is -0.496 e. The van der Waals surface area contributed by atoms with E-state index in [-0.39, 0.29) is 24.4 Å². The maximum Gasteiger partial charge on any atom is 0.255 e. The number of anilines is 1. The number of carbonyl (C=O) groups excluding carboxylic acids is 1. The first-order valence-electron chi connectivity index (χ1n) is 7.72. The van der Waals surface area contributed by atoms with Crippen molar-refractivity contribution in [2.75, 3.05) is 39.2 Å². The van der Waals surface area contributed by atoms with Gasteiger partial charge in [-0.1, -0.05) is 11.6 Å². The van der Waals surface area contributed by atoms with Crippen LogP contribution in [0.3, 0.4) is 0 Å². The minimum absolute atomic E-state index is 0. The normalized spacial score (nSPS) is 14.8. The number of rotatable bonds is 7. The molecule has 1 aliphatic rings. The van der Waals surface area contributed by atoms with E-state index in [1.807, 2.05) is 0 Å². The fourth-order valence-electron chi connectivity index (χ4n) is 2.38. The molecule has 1 aliphatic heterocycles. The lowest BCUT2D eigenvalue weighted by atomic mass is 10.1. The summed E-state index contributed by atoms with van der Waals surface area (Å²) < 4.78 is 16.2. The highest BCUT2D eigenvalue weighted by Gasteiger charge is 2.15. The van der Waals surface area contributed by atoms with Crippen LogP contribution in [0.4, 0.5) is 5.69 Å². The smallest absolute Gasteiger partial charge is 0.255 e. The number of nitrogens with one attached hydrogen (secondary N) is 1. The summed E-state index contributed by atoms with van der Waals surface area (Å²) in [6, 6.07) is 3.06. The number of carbonyl (C=O) groups is 1. The van der Waals surface area contributed by atoms with Crippen molar-refractivity contribution in [3.63, 3.8) is 0 Å². The number of nitrogen functional groups attached to an aromatic ring is 1. The Morgan fingerprint density at radius 1 is 1.42 bits per heavy atom. The maximum absolute atomic E-state index is 12.2. The molecule has 3 N–H and O–H groups in total. The van der Waals surface area contributed by atoms with Gasteiger partial charge in [0.1, 0.15) is 5.75 Å². The summed E-state index contributed by atoms with van der Waals surface area (Å²) >= 11 is 5.97. The molecule has 0 aliphatic carbocycles. The lowest BCUT2D eigenvalue weighted by Crippen LogP contribution is -2.27. The molecule has 0 bridgehead atoms. The number of methoxy groups -OCH3 is 1. The summed E-state index contributed by atoms with van der Waals surface area (Å²) in [6.45, 7) is 2.66. The molecule has 6 nitrogen and oxygen atoms in total. The Balaban J connectivity index is 0.00000288. The van der Waals surface area contributed by atoms with Gasteiger partial charge in [0, 0.05) is 32.4 Å². The largest absolute Gasteiger partial charge is 0.496 e. The molecular formula is C16H24Cl2N2O4. The van der Waals surface area contributed by atoms with Gasteiger partial charge in [0.15, 0.2) is 0 Å². The molecule has 1 aromatic rings. The Morgan fingerprint density at radius 3 is 2.79 bits per heavy atom. The summed E-state index contributed by atoms with van der Waals surface area (Å²) in [7, 11) is 1.49. The summed E-state index contributed by atoms with van der Waals surface area (Å²) in [6.07, 6.45) is 2.89. The summed E-state index contributed by atoms with van der Waals surface area (Å²) in [5, 5.41) is 3.17. The third kappa shape index (κ3) is 6.02. The molecule has 1 amide bonds. The molecule has 24 heavy (non-hydrogen) atoms. The quantitative estimate of drug-likeness (QED) is 0.562. The second-order valence-corrected chi connectivity index (χ2v) is 5.77. The van der Waals surface area contributed by atoms with Crippen molar-refractivity contribution in [3.8, 4) is 5.75 Å². The third-order valence-electron chi connectivity index (χ3n) is 3.69. The van der Waals surface area contributed by atoms with Crippen LogP contribution in [0.5, 0.6) is 5.75 Å². The van der Waals surface area contributed by atoms with Crippen LogP contribution in [-0.4, -0.2) is 45.5 Å². The molecule has 0 saturated carbocycles. The van der Waals surface area contributed by atoms with Crippen molar-refractivity contribution in [1.29, 1.82) is 0 Å². The van der Waals surface area contributed by atoms with E-state index in [9.17, 15) is 4.79 Å². The molecule has 1 saturated heterocycles. The zero-order valence-electron chi connectivity index (χ0n) is 13.7. The van der Waals surface area contributed by atoms with Gasteiger partial charge in [0.25, 0.3) is 5.91 Å². The van der Waals surface area contributed by atoms with Gasteiger partial charge < -0.3 is 25.3 Å². The predicted molar refractivity (Wildman–Crippen MR) is 96.4 cm³/mol. The predicted octanol–water partition coefficient (Wildman–Crippen LogP) is 2.67. The van der Waals surface area contributed by atoms with Crippen molar-refractivity contribution in [2.45, 2.75) is 25.4 Å². The molecule has 0 unspecified atom stereocenters. The Labute approximate surface area is 153 Å². The molecule has 1 aromatic carbocycles. The fraction of sp³-hybridized carbons (Fsp3) is 0.562. The fourth-order valence-corrected chi connectivity index (χ4v) is 2.54. The van der Waals surface area contributed by atoms with Crippen LogP contribution in [0.25, 0.3) is 0 Å². The number of halogens is 2. The first-order valence-corrected chi connectivity index (χ1v) is 8.10. The molecule has 8 heteroatoms. The Bertz CT molecular complexity index is 537. The zero-order valence-corrected chi connectivity index (χ0v) is 15.3.